The zero-order chi connectivity index (χ0) is 9.14. The van der Waals surface area contributed by atoms with Crippen LogP contribution in [0, 0.1) is 0 Å². The third kappa shape index (κ3) is 2.77. The molecule has 0 saturated carbocycles. The largest absolute Gasteiger partial charge is 0.331 e. The molecular weight excluding hydrogens is 262 g/mol. The van der Waals surface area contributed by atoms with Gasteiger partial charge in [0.15, 0.2) is 0 Å². The Morgan fingerprint density at radius 1 is 1.75 bits per heavy atom. The van der Waals surface area contributed by atoms with Gasteiger partial charge in [0, 0.05) is 27.9 Å². The Kier molecular flexibility index (Phi) is 3.55. The molecule has 0 N–H and O–H groups in total. The van der Waals surface area contributed by atoms with Crippen molar-refractivity contribution in [2.45, 2.75) is 6.54 Å². The molecule has 0 aliphatic rings. The molecule has 1 aromatic rings. The predicted octanol–water partition coefficient (Wildman–Crippen LogP) is 3.35. The molecule has 2 nitrogen and oxygen atoms in total. The van der Waals surface area contributed by atoms with Crippen LogP contribution in [-0.2, 0) is 6.54 Å². The van der Waals surface area contributed by atoms with Gasteiger partial charge in [-0.3, -0.25) is 4.79 Å². The third-order valence-electron chi connectivity index (χ3n) is 1.32. The van der Waals surface area contributed by atoms with Gasteiger partial charge in [0.25, 0.3) is 4.82 Å². The van der Waals surface area contributed by atoms with Crippen molar-refractivity contribution in [3.8, 4) is 0 Å². The van der Waals surface area contributed by atoms with E-state index in [1.807, 2.05) is 12.1 Å². The summed E-state index contributed by atoms with van der Waals surface area (Å²) in [6.45, 7) is 0.599. The lowest BCUT2D eigenvalue weighted by atomic mass is 10.4. The molecular formula is C7H7BrClNOS. The number of carbonyl (C=O) groups excluding carboxylic acids is 1. The number of amides is 1. The maximum absolute atomic E-state index is 10.8. The Balaban J connectivity index is 2.58. The van der Waals surface area contributed by atoms with Gasteiger partial charge in [0.2, 0.25) is 0 Å². The smallest absolute Gasteiger partial charge is 0.289 e. The minimum atomic E-state index is -0.118. The fraction of sp³-hybridized carbons (Fsp3) is 0.286. The normalized spacial score (nSPS) is 9.92. The van der Waals surface area contributed by atoms with E-state index in [1.54, 1.807) is 11.9 Å². The van der Waals surface area contributed by atoms with Gasteiger partial charge in [-0.15, -0.1) is 11.3 Å². The highest BCUT2D eigenvalue weighted by atomic mass is 79.9. The van der Waals surface area contributed by atoms with Crippen LogP contribution >= 0.6 is 38.9 Å². The first-order valence-corrected chi connectivity index (χ1v) is 5.23. The highest BCUT2D eigenvalue weighted by molar-refractivity contribution is 9.18. The SMILES string of the molecule is CN(Cc1ccc(Cl)s1)C(=O)Br. The van der Waals surface area contributed by atoms with Crippen molar-refractivity contribution in [1.82, 2.24) is 4.90 Å². The van der Waals surface area contributed by atoms with Gasteiger partial charge < -0.3 is 4.90 Å². The van der Waals surface area contributed by atoms with E-state index in [2.05, 4.69) is 15.9 Å². The monoisotopic (exact) mass is 267 g/mol. The molecule has 0 aromatic carbocycles. The van der Waals surface area contributed by atoms with E-state index in [-0.39, 0.29) is 4.82 Å². The number of thiophene rings is 1. The molecule has 5 heteroatoms. The van der Waals surface area contributed by atoms with Crippen LogP contribution in [0.1, 0.15) is 4.88 Å². The van der Waals surface area contributed by atoms with E-state index in [9.17, 15) is 4.79 Å². The molecule has 0 saturated heterocycles. The fourth-order valence-electron chi connectivity index (χ4n) is 0.733. The molecule has 12 heavy (non-hydrogen) atoms. The topological polar surface area (TPSA) is 20.3 Å². The van der Waals surface area contributed by atoms with E-state index in [0.717, 1.165) is 9.21 Å². The van der Waals surface area contributed by atoms with Gasteiger partial charge in [-0.25, -0.2) is 0 Å². The summed E-state index contributed by atoms with van der Waals surface area (Å²) in [5.74, 6) is 0. The van der Waals surface area contributed by atoms with E-state index >= 15 is 0 Å². The van der Waals surface area contributed by atoms with Crippen LogP contribution in [0.3, 0.4) is 0 Å². The predicted molar refractivity (Wildman–Crippen MR) is 55.1 cm³/mol. The number of hydrogen-bond acceptors (Lipinski definition) is 2. The van der Waals surface area contributed by atoms with Crippen molar-refractivity contribution >= 4 is 43.7 Å². The zero-order valence-corrected chi connectivity index (χ0v) is 9.54. The van der Waals surface area contributed by atoms with Gasteiger partial charge in [-0.05, 0) is 12.1 Å². The zero-order valence-electron chi connectivity index (χ0n) is 6.38. The first-order chi connectivity index (χ1) is 5.59. The first-order valence-electron chi connectivity index (χ1n) is 3.24. The Hall–Kier alpha value is -0.0600. The maximum atomic E-state index is 10.8. The molecule has 0 aliphatic heterocycles. The van der Waals surface area contributed by atoms with Gasteiger partial charge in [0.1, 0.15) is 0 Å². The summed E-state index contributed by atoms with van der Waals surface area (Å²) >= 11 is 10.1. The Bertz CT molecular complexity index is 289. The van der Waals surface area contributed by atoms with Crippen molar-refractivity contribution in [2.24, 2.45) is 0 Å². The van der Waals surface area contributed by atoms with Crippen molar-refractivity contribution in [2.75, 3.05) is 7.05 Å². The number of hydrogen-bond donors (Lipinski definition) is 0. The fourth-order valence-corrected chi connectivity index (χ4v) is 2.00. The van der Waals surface area contributed by atoms with Crippen LogP contribution in [0.25, 0.3) is 0 Å². The standard InChI is InChI=1S/C7H7BrClNOS/c1-10(7(8)11)4-5-2-3-6(9)12-5/h2-3H,4H2,1H3. The van der Waals surface area contributed by atoms with Crippen molar-refractivity contribution in [1.29, 1.82) is 0 Å². The molecule has 0 bridgehead atoms. The molecule has 1 amide bonds. The molecule has 1 aromatic heterocycles. The first kappa shape index (κ1) is 10.0. The summed E-state index contributed by atoms with van der Waals surface area (Å²) in [5, 5.41) is 0. The van der Waals surface area contributed by atoms with E-state index in [1.165, 1.54) is 11.3 Å². The van der Waals surface area contributed by atoms with Crippen LogP contribution in [0.2, 0.25) is 4.34 Å². The highest BCUT2D eigenvalue weighted by Gasteiger charge is 2.06. The molecule has 66 valence electrons. The maximum Gasteiger partial charge on any atom is 0.289 e. The van der Waals surface area contributed by atoms with E-state index in [0.29, 0.717) is 6.54 Å². The second kappa shape index (κ2) is 4.25. The summed E-state index contributed by atoms with van der Waals surface area (Å²) in [6, 6.07) is 3.74. The summed E-state index contributed by atoms with van der Waals surface area (Å²) in [6.07, 6.45) is 0. The average molecular weight is 269 g/mol. The van der Waals surface area contributed by atoms with Crippen LogP contribution in [0.5, 0.6) is 0 Å². The Morgan fingerprint density at radius 2 is 2.42 bits per heavy atom. The van der Waals surface area contributed by atoms with Gasteiger partial charge in [-0.1, -0.05) is 11.6 Å². The second-order valence-corrected chi connectivity index (χ2v) is 4.79. The molecule has 1 rings (SSSR count). The molecule has 0 fully saturated rings. The van der Waals surface area contributed by atoms with Crippen LogP contribution < -0.4 is 0 Å². The van der Waals surface area contributed by atoms with Gasteiger partial charge in [0.05, 0.1) is 10.9 Å². The van der Waals surface area contributed by atoms with E-state index in [4.69, 9.17) is 11.6 Å². The third-order valence-corrected chi connectivity index (χ3v) is 3.14. The quantitative estimate of drug-likeness (QED) is 0.595. The molecule has 0 radical (unpaired) electrons. The molecule has 0 spiro atoms. The second-order valence-electron chi connectivity index (χ2n) is 2.31. The van der Waals surface area contributed by atoms with E-state index < -0.39 is 0 Å². The average Bonchev–Trinajstić information content (AvgIpc) is 2.35. The van der Waals surface area contributed by atoms with Crippen LogP contribution in [0.15, 0.2) is 12.1 Å². The Morgan fingerprint density at radius 3 is 2.83 bits per heavy atom. The van der Waals surface area contributed by atoms with Crippen LogP contribution in [0.4, 0.5) is 4.79 Å². The number of rotatable bonds is 2. The lowest BCUT2D eigenvalue weighted by molar-refractivity contribution is 0.233. The summed E-state index contributed by atoms with van der Waals surface area (Å²) < 4.78 is 0.750. The van der Waals surface area contributed by atoms with Crippen molar-refractivity contribution < 1.29 is 4.79 Å². The minimum absolute atomic E-state index is 0.118. The van der Waals surface area contributed by atoms with Crippen LogP contribution in [-0.4, -0.2) is 16.8 Å². The van der Waals surface area contributed by atoms with Gasteiger partial charge >= 0.3 is 0 Å². The number of nitrogens with zero attached hydrogens (tertiary/aromatic N) is 1. The molecule has 1 heterocycles. The summed E-state index contributed by atoms with van der Waals surface area (Å²) in [4.78, 5) is 13.3. The molecule has 0 aliphatic carbocycles. The molecule has 0 unspecified atom stereocenters. The Labute approximate surface area is 88.3 Å². The summed E-state index contributed by atoms with van der Waals surface area (Å²) in [5.41, 5.74) is 0. The lowest BCUT2D eigenvalue weighted by Crippen LogP contribution is -2.18. The minimum Gasteiger partial charge on any atom is -0.331 e. The molecule has 0 atom stereocenters. The number of halogens is 2. The van der Waals surface area contributed by atoms with Crippen molar-refractivity contribution in [3.63, 3.8) is 0 Å². The van der Waals surface area contributed by atoms with Crippen molar-refractivity contribution in [3.05, 3.63) is 21.3 Å². The summed E-state index contributed by atoms with van der Waals surface area (Å²) in [7, 11) is 1.73. The lowest BCUT2D eigenvalue weighted by Gasteiger charge is -2.10. The van der Waals surface area contributed by atoms with Gasteiger partial charge in [-0.2, -0.15) is 0 Å². The number of carbonyl (C=O) groups is 1. The highest BCUT2D eigenvalue weighted by Crippen LogP contribution is 2.22.